The van der Waals surface area contributed by atoms with Gasteiger partial charge in [-0.1, -0.05) is 12.1 Å². The minimum absolute atomic E-state index is 0.0729. The molecule has 3 atom stereocenters. The van der Waals surface area contributed by atoms with Crippen LogP contribution < -0.4 is 22.1 Å². The number of amides is 4. The number of carbonyl (C=O) groups excluding carboxylic acids is 4. The Hall–Kier alpha value is -4.35. The summed E-state index contributed by atoms with van der Waals surface area (Å²) < 4.78 is 14.8. The zero-order valence-corrected chi connectivity index (χ0v) is 21.2. The number of β-lactam (4-membered cyclic amide) rings is 1. The maximum atomic E-state index is 13.1. The number of nitrogens with zero attached hydrogens (tertiary/aromatic N) is 1. The van der Waals surface area contributed by atoms with Crippen molar-refractivity contribution >= 4 is 53.4 Å². The molecule has 4 amide bonds. The number of carbonyl (C=O) groups is 6. The molecule has 0 saturated carbocycles. The molecule has 17 heteroatoms. The summed E-state index contributed by atoms with van der Waals surface area (Å²) in [7, 11) is 1.20. The van der Waals surface area contributed by atoms with Crippen LogP contribution in [0.5, 0.6) is 0 Å². The zero-order chi connectivity index (χ0) is 28.9. The van der Waals surface area contributed by atoms with E-state index in [1.54, 1.807) is 0 Å². The smallest absolute Gasteiger partial charge is 0.411 e. The number of primary amides is 1. The van der Waals surface area contributed by atoms with Gasteiger partial charge in [0.25, 0.3) is 11.6 Å². The SMILES string of the molecule is CO[C@@]1(NC(=O)Cc2ccc(NC(=O)OC[C@@H](N)C(=O)O)cc2)C(=O)N2C(C(=O)O)=C(COC(N)=O)CS[C@H]21. The van der Waals surface area contributed by atoms with Gasteiger partial charge in [0, 0.05) is 24.1 Å². The lowest BCUT2D eigenvalue weighted by Gasteiger charge is -2.55. The molecule has 8 N–H and O–H groups in total. The van der Waals surface area contributed by atoms with E-state index >= 15 is 0 Å². The van der Waals surface area contributed by atoms with Crippen LogP contribution in [-0.2, 0) is 39.8 Å². The van der Waals surface area contributed by atoms with E-state index in [4.69, 9.17) is 26.0 Å². The van der Waals surface area contributed by atoms with Crippen LogP contribution in [0.15, 0.2) is 35.5 Å². The normalized spacial score (nSPS) is 20.7. The van der Waals surface area contributed by atoms with Gasteiger partial charge in [0.1, 0.15) is 30.3 Å². The van der Waals surface area contributed by atoms with Crippen molar-refractivity contribution in [1.29, 1.82) is 0 Å². The summed E-state index contributed by atoms with van der Waals surface area (Å²) in [4.78, 5) is 72.1. The number of thioether (sulfide) groups is 1. The van der Waals surface area contributed by atoms with Crippen molar-refractivity contribution in [3.63, 3.8) is 0 Å². The Morgan fingerprint density at radius 2 is 1.85 bits per heavy atom. The number of hydrogen-bond acceptors (Lipinski definition) is 11. The first-order chi connectivity index (χ1) is 18.4. The van der Waals surface area contributed by atoms with E-state index in [-0.39, 0.29) is 23.4 Å². The van der Waals surface area contributed by atoms with Crippen LogP contribution in [0.25, 0.3) is 0 Å². The molecule has 0 aromatic heterocycles. The Morgan fingerprint density at radius 1 is 1.18 bits per heavy atom. The lowest BCUT2D eigenvalue weighted by Crippen LogP contribution is -2.80. The second kappa shape index (κ2) is 12.0. The van der Waals surface area contributed by atoms with Gasteiger partial charge >= 0.3 is 24.1 Å². The van der Waals surface area contributed by atoms with Gasteiger partial charge in [-0.2, -0.15) is 0 Å². The molecule has 2 aliphatic heterocycles. The average Bonchev–Trinajstić information content (AvgIpc) is 2.89. The number of carboxylic acid groups (broad SMARTS) is 2. The van der Waals surface area contributed by atoms with Crippen molar-refractivity contribution in [3.8, 4) is 0 Å². The second-order valence-electron chi connectivity index (χ2n) is 8.23. The molecule has 0 bridgehead atoms. The number of benzene rings is 1. The Morgan fingerprint density at radius 3 is 2.41 bits per heavy atom. The summed E-state index contributed by atoms with van der Waals surface area (Å²) >= 11 is 1.11. The maximum Gasteiger partial charge on any atom is 0.411 e. The Balaban J connectivity index is 1.62. The number of fused-ring (bicyclic) bond motifs is 1. The number of hydrogen-bond donors (Lipinski definition) is 6. The largest absolute Gasteiger partial charge is 0.480 e. The number of rotatable bonds is 11. The molecule has 210 valence electrons. The van der Waals surface area contributed by atoms with Crippen LogP contribution in [0, 0.1) is 0 Å². The third-order valence-electron chi connectivity index (χ3n) is 5.62. The highest BCUT2D eigenvalue weighted by molar-refractivity contribution is 8.00. The predicted octanol–water partition coefficient (Wildman–Crippen LogP) is -1.00. The summed E-state index contributed by atoms with van der Waals surface area (Å²) in [6, 6.07) is 4.63. The van der Waals surface area contributed by atoms with Gasteiger partial charge in [-0.25, -0.2) is 14.4 Å². The highest BCUT2D eigenvalue weighted by atomic mass is 32.2. The Kier molecular flexibility index (Phi) is 9.00. The number of ether oxygens (including phenoxy) is 3. The Bertz CT molecular complexity index is 1220. The lowest BCUT2D eigenvalue weighted by molar-refractivity contribution is -0.192. The number of methoxy groups -OCH3 is 1. The minimum atomic E-state index is -1.82. The highest BCUT2D eigenvalue weighted by Gasteiger charge is 2.66. The average molecular weight is 568 g/mol. The van der Waals surface area contributed by atoms with Crippen LogP contribution in [0.4, 0.5) is 15.3 Å². The van der Waals surface area contributed by atoms with E-state index in [1.807, 2.05) is 0 Å². The number of nitrogens with two attached hydrogens (primary N) is 2. The quantitative estimate of drug-likeness (QED) is 0.139. The summed E-state index contributed by atoms with van der Waals surface area (Å²) in [5, 5.41) is 22.4. The highest BCUT2D eigenvalue weighted by Crippen LogP contribution is 2.46. The van der Waals surface area contributed by atoms with E-state index in [0.29, 0.717) is 11.3 Å². The molecule has 1 saturated heterocycles. The van der Waals surface area contributed by atoms with Crippen molar-refractivity contribution in [2.24, 2.45) is 11.5 Å². The molecular formula is C22H25N5O11S. The minimum Gasteiger partial charge on any atom is -0.480 e. The van der Waals surface area contributed by atoms with Crippen LogP contribution in [0.3, 0.4) is 0 Å². The van der Waals surface area contributed by atoms with Gasteiger partial charge in [0.2, 0.25) is 5.91 Å². The lowest BCUT2D eigenvalue weighted by atomic mass is 9.97. The van der Waals surface area contributed by atoms with Crippen molar-refractivity contribution in [1.82, 2.24) is 10.2 Å². The monoisotopic (exact) mass is 567 g/mol. The number of aliphatic carboxylic acids is 2. The summed E-state index contributed by atoms with van der Waals surface area (Å²) in [6.45, 7) is -0.937. The molecule has 0 spiro atoms. The first kappa shape index (κ1) is 29.2. The summed E-state index contributed by atoms with van der Waals surface area (Å²) in [5.41, 5.74) is 8.97. The third kappa shape index (κ3) is 6.39. The van der Waals surface area contributed by atoms with E-state index in [1.165, 1.54) is 31.4 Å². The van der Waals surface area contributed by atoms with Gasteiger partial charge in [-0.15, -0.1) is 11.8 Å². The van der Waals surface area contributed by atoms with Crippen molar-refractivity contribution in [2.45, 2.75) is 23.6 Å². The fourth-order valence-electron chi connectivity index (χ4n) is 3.75. The van der Waals surface area contributed by atoms with E-state index < -0.39 is 66.3 Å². The molecule has 39 heavy (non-hydrogen) atoms. The van der Waals surface area contributed by atoms with Crippen LogP contribution in [-0.4, -0.2) is 94.3 Å². The van der Waals surface area contributed by atoms with Crippen molar-refractivity contribution in [2.75, 3.05) is 31.4 Å². The first-order valence-corrected chi connectivity index (χ1v) is 12.1. The maximum absolute atomic E-state index is 13.1. The van der Waals surface area contributed by atoms with Gasteiger partial charge in [0.15, 0.2) is 0 Å². The van der Waals surface area contributed by atoms with Crippen LogP contribution >= 0.6 is 11.8 Å². The molecule has 2 aliphatic rings. The number of carboxylic acids is 2. The molecular weight excluding hydrogens is 542 g/mol. The Labute approximate surface area is 224 Å². The molecule has 3 rings (SSSR count). The van der Waals surface area contributed by atoms with Crippen LogP contribution in [0.2, 0.25) is 0 Å². The third-order valence-corrected chi connectivity index (χ3v) is 7.00. The van der Waals surface area contributed by atoms with Gasteiger partial charge in [0.05, 0.1) is 6.42 Å². The molecule has 0 aliphatic carbocycles. The first-order valence-electron chi connectivity index (χ1n) is 11.1. The van der Waals surface area contributed by atoms with Crippen molar-refractivity contribution in [3.05, 3.63) is 41.1 Å². The zero-order valence-electron chi connectivity index (χ0n) is 20.4. The molecule has 0 unspecified atom stereocenters. The van der Waals surface area contributed by atoms with Gasteiger partial charge < -0.3 is 41.2 Å². The molecule has 1 fully saturated rings. The molecule has 16 nitrogen and oxygen atoms in total. The van der Waals surface area contributed by atoms with E-state index in [0.717, 1.165) is 16.7 Å². The molecule has 1 aromatic carbocycles. The number of nitrogens with one attached hydrogen (secondary N) is 2. The topological polar surface area (TPSA) is 250 Å². The fraction of sp³-hybridized carbons (Fsp3) is 0.364. The fourth-order valence-corrected chi connectivity index (χ4v) is 5.17. The summed E-state index contributed by atoms with van der Waals surface area (Å²) in [5.74, 6) is -4.08. The van der Waals surface area contributed by atoms with Gasteiger partial charge in [-0.05, 0) is 17.7 Å². The predicted molar refractivity (Wildman–Crippen MR) is 132 cm³/mol. The van der Waals surface area contributed by atoms with Crippen LogP contribution in [0.1, 0.15) is 5.56 Å². The van der Waals surface area contributed by atoms with Crippen molar-refractivity contribution < 1.29 is 53.2 Å². The second-order valence-corrected chi connectivity index (χ2v) is 9.30. The molecule has 1 aromatic rings. The number of anilines is 1. The summed E-state index contributed by atoms with van der Waals surface area (Å²) in [6.07, 6.45) is -2.21. The molecule has 2 heterocycles. The standard InChI is InChI=1S/C22H25N5O11S/c1-36-22(18(33)27-15(17(31)32)11(7-37-20(24)34)9-39-19(22)27)26-14(28)6-10-2-4-12(5-3-10)25-21(35)38-8-13(23)16(29)30/h2-5,13,19H,6-9,23H2,1H3,(H2,24,34)(H,25,35)(H,26,28)(H,29,30)(H,31,32)/t13-,19+,22+/m1/s1. The van der Waals surface area contributed by atoms with Gasteiger partial charge in [-0.3, -0.25) is 24.6 Å². The van der Waals surface area contributed by atoms with E-state index in [9.17, 15) is 33.9 Å². The molecule has 0 radical (unpaired) electrons. The van der Waals surface area contributed by atoms with E-state index in [2.05, 4.69) is 15.4 Å².